The van der Waals surface area contributed by atoms with Crippen LogP contribution >= 0.6 is 0 Å². The Morgan fingerprint density at radius 1 is 1.19 bits per heavy atom. The number of rotatable bonds is 4. The number of aryl methyl sites for hydroxylation is 1. The molecular weight excluding hydrogens is 352 g/mol. The van der Waals surface area contributed by atoms with E-state index >= 15 is 0 Å². The lowest BCUT2D eigenvalue weighted by molar-refractivity contribution is -0.166. The number of para-hydroxylation sites is 1. The number of carboxylic acid groups (broad SMARTS) is 1. The number of alkyl halides is 2. The fourth-order valence-corrected chi connectivity index (χ4v) is 3.24. The Hall–Kier alpha value is -3.35. The molecule has 0 aliphatic heterocycles. The highest BCUT2D eigenvalue weighted by atomic mass is 19.3. The predicted octanol–water partition coefficient (Wildman–Crippen LogP) is 4.12. The van der Waals surface area contributed by atoms with Gasteiger partial charge in [-0.1, -0.05) is 36.4 Å². The molecule has 0 fully saturated rings. The zero-order valence-electron chi connectivity index (χ0n) is 14.4. The van der Waals surface area contributed by atoms with Gasteiger partial charge >= 0.3 is 11.9 Å². The van der Waals surface area contributed by atoms with Crippen LogP contribution in [0.4, 0.5) is 8.78 Å². The molecule has 0 atom stereocenters. The number of aromatic nitrogens is 3. The second kappa shape index (κ2) is 6.12. The predicted molar refractivity (Wildman–Crippen MR) is 96.8 cm³/mol. The molecule has 2 aromatic carbocycles. The van der Waals surface area contributed by atoms with Gasteiger partial charge < -0.3 is 5.11 Å². The third kappa shape index (κ3) is 2.81. The van der Waals surface area contributed by atoms with E-state index < -0.39 is 17.5 Å². The zero-order valence-corrected chi connectivity index (χ0v) is 14.4. The van der Waals surface area contributed by atoms with Crippen LogP contribution in [0.25, 0.3) is 21.8 Å². The zero-order chi connectivity index (χ0) is 19.2. The molecule has 0 saturated carbocycles. The van der Waals surface area contributed by atoms with Gasteiger partial charge in [-0.15, -0.1) is 0 Å². The topological polar surface area (TPSA) is 68.0 Å². The molecule has 2 aromatic heterocycles. The molecule has 4 aromatic rings. The first-order valence-corrected chi connectivity index (χ1v) is 8.29. The fourth-order valence-electron chi connectivity index (χ4n) is 3.24. The molecule has 0 bridgehead atoms. The molecule has 27 heavy (non-hydrogen) atoms. The summed E-state index contributed by atoms with van der Waals surface area (Å²) in [6.45, 7) is 2.12. The summed E-state index contributed by atoms with van der Waals surface area (Å²) in [6, 6.07) is 13.4. The lowest BCUT2D eigenvalue weighted by Gasteiger charge is -2.12. The summed E-state index contributed by atoms with van der Waals surface area (Å²) < 4.78 is 29.5. The summed E-state index contributed by atoms with van der Waals surface area (Å²) in [7, 11) is 0. The van der Waals surface area contributed by atoms with Crippen LogP contribution < -0.4 is 0 Å². The van der Waals surface area contributed by atoms with Gasteiger partial charge in [0.2, 0.25) is 0 Å². The fraction of sp³-hybridized carbons (Fsp3) is 0.150. The minimum Gasteiger partial charge on any atom is -0.477 e. The van der Waals surface area contributed by atoms with Gasteiger partial charge in [-0.2, -0.15) is 13.9 Å². The number of halogens is 2. The number of benzene rings is 2. The maximum absolute atomic E-state index is 13.9. The minimum absolute atomic E-state index is 0.334. The first-order valence-electron chi connectivity index (χ1n) is 8.29. The van der Waals surface area contributed by atoms with Crippen molar-refractivity contribution in [2.24, 2.45) is 0 Å². The number of fused-ring (bicyclic) bond motifs is 2. The summed E-state index contributed by atoms with van der Waals surface area (Å²) in [5.74, 6) is -6.14. The molecule has 0 aliphatic rings. The van der Waals surface area contributed by atoms with Crippen molar-refractivity contribution >= 4 is 27.8 Å². The molecule has 7 heteroatoms. The molecule has 0 amide bonds. The van der Waals surface area contributed by atoms with E-state index in [9.17, 15) is 13.6 Å². The van der Waals surface area contributed by atoms with Gasteiger partial charge in [-0.05, 0) is 24.6 Å². The quantitative estimate of drug-likeness (QED) is 0.589. The highest BCUT2D eigenvalue weighted by molar-refractivity contribution is 5.86. The van der Waals surface area contributed by atoms with E-state index in [1.54, 1.807) is 17.8 Å². The Kier molecular flexibility index (Phi) is 3.87. The number of nitrogens with zero attached hydrogens (tertiary/aromatic N) is 3. The lowest BCUT2D eigenvalue weighted by atomic mass is 10.1. The molecule has 0 spiro atoms. The first-order chi connectivity index (χ1) is 12.9. The van der Waals surface area contributed by atoms with E-state index in [0.29, 0.717) is 23.1 Å². The van der Waals surface area contributed by atoms with E-state index in [2.05, 4.69) is 10.1 Å². The molecule has 0 aliphatic carbocycles. The van der Waals surface area contributed by atoms with Crippen LogP contribution in [-0.2, 0) is 17.3 Å². The Morgan fingerprint density at radius 2 is 1.96 bits per heavy atom. The highest BCUT2D eigenvalue weighted by Gasteiger charge is 2.41. The van der Waals surface area contributed by atoms with Gasteiger partial charge in [-0.25, -0.2) is 4.79 Å². The van der Waals surface area contributed by atoms with Crippen LogP contribution in [0, 0.1) is 6.92 Å². The normalized spacial score (nSPS) is 12.0. The van der Waals surface area contributed by atoms with Crippen molar-refractivity contribution in [3.05, 3.63) is 71.5 Å². The SMILES string of the molecule is Cc1nn(Cc2cccc3cccnc23)c2cc(C(F)(F)C(=O)O)ccc12. The van der Waals surface area contributed by atoms with Crippen molar-refractivity contribution in [3.63, 3.8) is 0 Å². The summed E-state index contributed by atoms with van der Waals surface area (Å²) in [5.41, 5.74) is 2.28. The second-order valence-electron chi connectivity index (χ2n) is 6.35. The molecule has 0 unspecified atom stereocenters. The third-order valence-electron chi connectivity index (χ3n) is 4.60. The summed E-state index contributed by atoms with van der Waals surface area (Å²) in [6.07, 6.45) is 1.70. The Bertz CT molecular complexity index is 1180. The number of hydrogen-bond donors (Lipinski definition) is 1. The standard InChI is InChI=1S/C20H15F2N3O2/c1-12-16-8-7-15(20(21,22)19(26)27)10-17(16)25(24-12)11-14-5-2-4-13-6-3-9-23-18(13)14/h2-10H,11H2,1H3,(H,26,27). The van der Waals surface area contributed by atoms with Crippen molar-refractivity contribution < 1.29 is 18.7 Å². The Morgan fingerprint density at radius 3 is 2.74 bits per heavy atom. The molecule has 2 heterocycles. The average Bonchev–Trinajstić information content (AvgIpc) is 2.97. The maximum Gasteiger partial charge on any atom is 0.379 e. The van der Waals surface area contributed by atoms with Crippen molar-refractivity contribution in [1.29, 1.82) is 0 Å². The second-order valence-corrected chi connectivity index (χ2v) is 6.35. The van der Waals surface area contributed by atoms with Crippen LogP contribution in [0.2, 0.25) is 0 Å². The third-order valence-corrected chi connectivity index (χ3v) is 4.60. The van der Waals surface area contributed by atoms with E-state index in [1.807, 2.05) is 30.3 Å². The number of carboxylic acids is 1. The number of pyridine rings is 1. The minimum atomic E-state index is -3.96. The van der Waals surface area contributed by atoms with Crippen LogP contribution in [0.15, 0.2) is 54.7 Å². The summed E-state index contributed by atoms with van der Waals surface area (Å²) >= 11 is 0. The molecule has 136 valence electrons. The lowest BCUT2D eigenvalue weighted by Crippen LogP contribution is -2.25. The van der Waals surface area contributed by atoms with Crippen LogP contribution in [0.3, 0.4) is 0 Å². The number of carbonyl (C=O) groups is 1. The van der Waals surface area contributed by atoms with Gasteiger partial charge in [0, 0.05) is 22.5 Å². The van der Waals surface area contributed by atoms with E-state index in [0.717, 1.165) is 22.5 Å². The van der Waals surface area contributed by atoms with Gasteiger partial charge in [0.15, 0.2) is 0 Å². The highest BCUT2D eigenvalue weighted by Crippen LogP contribution is 2.32. The first kappa shape index (κ1) is 17.1. The van der Waals surface area contributed by atoms with E-state index in [1.165, 1.54) is 12.1 Å². The largest absolute Gasteiger partial charge is 0.477 e. The summed E-state index contributed by atoms with van der Waals surface area (Å²) in [4.78, 5) is 15.3. The van der Waals surface area contributed by atoms with E-state index in [4.69, 9.17) is 5.11 Å². The van der Waals surface area contributed by atoms with Crippen molar-refractivity contribution in [2.45, 2.75) is 19.4 Å². The van der Waals surface area contributed by atoms with Gasteiger partial charge in [0.05, 0.1) is 23.3 Å². The molecule has 4 rings (SSSR count). The number of aliphatic carboxylic acids is 1. The maximum atomic E-state index is 13.9. The van der Waals surface area contributed by atoms with E-state index in [-0.39, 0.29) is 0 Å². The Balaban J connectivity index is 1.85. The van der Waals surface area contributed by atoms with Crippen LogP contribution in [0.5, 0.6) is 0 Å². The van der Waals surface area contributed by atoms with Gasteiger partial charge in [-0.3, -0.25) is 9.67 Å². The molecular formula is C20H15F2N3O2. The van der Waals surface area contributed by atoms with Crippen LogP contribution in [-0.4, -0.2) is 25.8 Å². The number of hydrogen-bond acceptors (Lipinski definition) is 3. The average molecular weight is 367 g/mol. The van der Waals surface area contributed by atoms with Crippen LogP contribution in [0.1, 0.15) is 16.8 Å². The monoisotopic (exact) mass is 367 g/mol. The molecule has 0 radical (unpaired) electrons. The Labute approximate surface area is 152 Å². The molecule has 0 saturated heterocycles. The van der Waals surface area contributed by atoms with Gasteiger partial charge in [0.25, 0.3) is 0 Å². The van der Waals surface area contributed by atoms with Crippen molar-refractivity contribution in [2.75, 3.05) is 0 Å². The summed E-state index contributed by atoms with van der Waals surface area (Å²) in [5, 5.41) is 14.9. The van der Waals surface area contributed by atoms with Crippen molar-refractivity contribution in [1.82, 2.24) is 14.8 Å². The van der Waals surface area contributed by atoms with Crippen molar-refractivity contribution in [3.8, 4) is 0 Å². The molecule has 1 N–H and O–H groups in total. The van der Waals surface area contributed by atoms with Gasteiger partial charge in [0.1, 0.15) is 0 Å². The smallest absolute Gasteiger partial charge is 0.379 e. The molecule has 5 nitrogen and oxygen atoms in total.